The van der Waals surface area contributed by atoms with Crippen molar-refractivity contribution in [2.24, 2.45) is 5.92 Å². The standard InChI is InChI=1S/C19H26N2O3S/c1-3-13(2)10-11-25(23,24)21-19(22)20-18-16-8-4-6-14(16)12-15-7-5-9-17(15)18/h10-13H,3-9H2,1-2H3,(H2,20,21,22)/b11-10+. The van der Waals surface area contributed by atoms with Crippen molar-refractivity contribution >= 4 is 21.7 Å². The molecule has 2 aliphatic carbocycles. The number of carbonyl (C=O) groups excluding carboxylic acids is 1. The minimum atomic E-state index is -3.78. The van der Waals surface area contributed by atoms with Gasteiger partial charge in [-0.2, -0.15) is 0 Å². The lowest BCUT2D eigenvalue weighted by Gasteiger charge is -2.16. The van der Waals surface area contributed by atoms with Gasteiger partial charge in [-0.25, -0.2) is 17.9 Å². The Morgan fingerprint density at radius 3 is 2.32 bits per heavy atom. The van der Waals surface area contributed by atoms with E-state index in [9.17, 15) is 13.2 Å². The van der Waals surface area contributed by atoms with Crippen LogP contribution in [0.1, 0.15) is 55.4 Å². The summed E-state index contributed by atoms with van der Waals surface area (Å²) >= 11 is 0. The summed E-state index contributed by atoms with van der Waals surface area (Å²) in [5.41, 5.74) is 5.82. The van der Waals surface area contributed by atoms with E-state index in [1.54, 1.807) is 6.08 Å². The van der Waals surface area contributed by atoms with E-state index in [-0.39, 0.29) is 5.92 Å². The molecule has 3 rings (SSSR count). The number of fused-ring (bicyclic) bond motifs is 2. The maximum absolute atomic E-state index is 12.3. The van der Waals surface area contributed by atoms with Gasteiger partial charge in [-0.05, 0) is 66.7 Å². The van der Waals surface area contributed by atoms with Crippen LogP contribution in [0.4, 0.5) is 10.5 Å². The fourth-order valence-electron chi connectivity index (χ4n) is 3.64. The second-order valence-electron chi connectivity index (χ2n) is 7.05. The first-order valence-corrected chi connectivity index (χ1v) is 10.6. The fourth-order valence-corrected chi connectivity index (χ4v) is 4.50. The van der Waals surface area contributed by atoms with Crippen molar-refractivity contribution in [3.05, 3.63) is 39.8 Å². The number of aryl methyl sites for hydroxylation is 2. The SMILES string of the molecule is CCC(C)/C=C/S(=O)(=O)NC(=O)Nc1c2c(cc3c1CCC3)CCC2. The van der Waals surface area contributed by atoms with E-state index in [0.717, 1.165) is 56.0 Å². The number of hydrogen-bond acceptors (Lipinski definition) is 3. The van der Waals surface area contributed by atoms with Crippen molar-refractivity contribution in [1.29, 1.82) is 0 Å². The van der Waals surface area contributed by atoms with Crippen LogP contribution in [0.3, 0.4) is 0 Å². The largest absolute Gasteiger partial charge is 0.333 e. The van der Waals surface area contributed by atoms with E-state index < -0.39 is 16.1 Å². The second kappa shape index (κ2) is 7.20. The Labute approximate surface area is 149 Å². The van der Waals surface area contributed by atoms with Gasteiger partial charge in [-0.1, -0.05) is 32.4 Å². The Morgan fingerprint density at radius 1 is 1.16 bits per heavy atom. The molecule has 1 unspecified atom stereocenters. The molecule has 2 amide bonds. The molecule has 1 aromatic rings. The molecule has 0 fully saturated rings. The van der Waals surface area contributed by atoms with Crippen molar-refractivity contribution in [2.75, 3.05) is 5.32 Å². The third-order valence-electron chi connectivity index (χ3n) is 5.18. The van der Waals surface area contributed by atoms with Gasteiger partial charge < -0.3 is 5.32 Å². The number of sulfonamides is 1. The van der Waals surface area contributed by atoms with Gasteiger partial charge in [0.2, 0.25) is 0 Å². The second-order valence-corrected chi connectivity index (χ2v) is 8.62. The van der Waals surface area contributed by atoms with Crippen LogP contribution in [-0.4, -0.2) is 14.4 Å². The minimum Gasteiger partial charge on any atom is -0.307 e. The van der Waals surface area contributed by atoms with Crippen molar-refractivity contribution in [1.82, 2.24) is 4.72 Å². The average Bonchev–Trinajstić information content (AvgIpc) is 3.20. The minimum absolute atomic E-state index is 0.153. The lowest BCUT2D eigenvalue weighted by Crippen LogP contribution is -2.33. The summed E-state index contributed by atoms with van der Waals surface area (Å²) < 4.78 is 26.2. The normalized spacial score (nSPS) is 17.4. The molecular weight excluding hydrogens is 336 g/mol. The molecule has 0 saturated carbocycles. The first-order chi connectivity index (χ1) is 11.9. The topological polar surface area (TPSA) is 75.3 Å². The highest BCUT2D eigenvalue weighted by Crippen LogP contribution is 2.38. The molecule has 136 valence electrons. The predicted octanol–water partition coefficient (Wildman–Crippen LogP) is 3.68. The molecule has 0 aromatic heterocycles. The van der Waals surface area contributed by atoms with Crippen LogP contribution < -0.4 is 10.0 Å². The molecular formula is C19H26N2O3S. The van der Waals surface area contributed by atoms with Crippen LogP contribution in [-0.2, 0) is 35.7 Å². The number of anilines is 1. The van der Waals surface area contributed by atoms with Gasteiger partial charge in [0, 0.05) is 11.1 Å². The summed E-state index contributed by atoms with van der Waals surface area (Å²) in [6.07, 6.45) is 8.59. The number of hydrogen-bond donors (Lipinski definition) is 2. The van der Waals surface area contributed by atoms with E-state index in [1.165, 1.54) is 22.3 Å². The molecule has 1 atom stereocenters. The summed E-state index contributed by atoms with van der Waals surface area (Å²) in [7, 11) is -3.78. The fraction of sp³-hybridized carbons (Fsp3) is 0.526. The zero-order chi connectivity index (χ0) is 18.0. The number of allylic oxidation sites excluding steroid dienone is 1. The van der Waals surface area contributed by atoms with Gasteiger partial charge in [-0.15, -0.1) is 0 Å². The molecule has 5 nitrogen and oxygen atoms in total. The number of carbonyl (C=O) groups is 1. The summed E-state index contributed by atoms with van der Waals surface area (Å²) in [5.74, 6) is 0.153. The molecule has 0 radical (unpaired) electrons. The van der Waals surface area contributed by atoms with Crippen molar-refractivity contribution in [2.45, 2.75) is 58.8 Å². The Balaban J connectivity index is 1.77. The smallest absolute Gasteiger partial charge is 0.307 e. The Hall–Kier alpha value is -1.82. The van der Waals surface area contributed by atoms with Crippen LogP contribution in [0.5, 0.6) is 0 Å². The van der Waals surface area contributed by atoms with Gasteiger partial charge in [0.25, 0.3) is 10.0 Å². The van der Waals surface area contributed by atoms with E-state index in [4.69, 9.17) is 0 Å². The van der Waals surface area contributed by atoms with Gasteiger partial charge >= 0.3 is 6.03 Å². The van der Waals surface area contributed by atoms with Crippen LogP contribution in [0, 0.1) is 5.92 Å². The van der Waals surface area contributed by atoms with Gasteiger partial charge in [0.05, 0.1) is 0 Å². The van der Waals surface area contributed by atoms with Gasteiger partial charge in [0.1, 0.15) is 0 Å². The van der Waals surface area contributed by atoms with Crippen LogP contribution in [0.25, 0.3) is 0 Å². The Bertz CT molecular complexity index is 780. The highest BCUT2D eigenvalue weighted by Gasteiger charge is 2.25. The molecule has 25 heavy (non-hydrogen) atoms. The predicted molar refractivity (Wildman–Crippen MR) is 100 cm³/mol. The summed E-state index contributed by atoms with van der Waals surface area (Å²) in [4.78, 5) is 12.3. The molecule has 0 heterocycles. The number of benzene rings is 1. The number of nitrogens with one attached hydrogen (secondary N) is 2. The lowest BCUT2D eigenvalue weighted by molar-refractivity contribution is 0.256. The van der Waals surface area contributed by atoms with Gasteiger partial charge in [0.15, 0.2) is 0 Å². The molecule has 6 heteroatoms. The lowest BCUT2D eigenvalue weighted by atomic mass is 9.99. The number of rotatable bonds is 5. The molecule has 0 saturated heterocycles. The summed E-state index contributed by atoms with van der Waals surface area (Å²) in [6, 6.07) is 1.60. The first kappa shape index (κ1) is 18.0. The van der Waals surface area contributed by atoms with Gasteiger partial charge in [-0.3, -0.25) is 0 Å². The quantitative estimate of drug-likeness (QED) is 0.839. The third-order valence-corrected chi connectivity index (χ3v) is 6.16. The van der Waals surface area contributed by atoms with Crippen LogP contribution in [0.15, 0.2) is 17.6 Å². The molecule has 0 bridgehead atoms. The maximum atomic E-state index is 12.3. The van der Waals surface area contributed by atoms with Crippen LogP contribution >= 0.6 is 0 Å². The van der Waals surface area contributed by atoms with Crippen LogP contribution in [0.2, 0.25) is 0 Å². The number of urea groups is 1. The Kier molecular flexibility index (Phi) is 5.18. The molecule has 0 spiro atoms. The van der Waals surface area contributed by atoms with Crippen molar-refractivity contribution in [3.63, 3.8) is 0 Å². The van der Waals surface area contributed by atoms with E-state index in [1.807, 2.05) is 13.8 Å². The molecule has 1 aromatic carbocycles. The van der Waals surface area contributed by atoms with E-state index >= 15 is 0 Å². The Morgan fingerprint density at radius 2 is 1.76 bits per heavy atom. The first-order valence-electron chi connectivity index (χ1n) is 9.08. The molecule has 2 aliphatic rings. The summed E-state index contributed by atoms with van der Waals surface area (Å²) in [5, 5.41) is 3.92. The summed E-state index contributed by atoms with van der Waals surface area (Å²) in [6.45, 7) is 3.92. The van der Waals surface area contributed by atoms with Crippen molar-refractivity contribution in [3.8, 4) is 0 Å². The monoisotopic (exact) mass is 362 g/mol. The van der Waals surface area contributed by atoms with E-state index in [2.05, 4.69) is 16.1 Å². The zero-order valence-electron chi connectivity index (χ0n) is 14.9. The maximum Gasteiger partial charge on any atom is 0.333 e. The molecule has 0 aliphatic heterocycles. The average molecular weight is 362 g/mol. The highest BCUT2D eigenvalue weighted by molar-refractivity contribution is 7.92. The van der Waals surface area contributed by atoms with E-state index in [0.29, 0.717) is 0 Å². The zero-order valence-corrected chi connectivity index (χ0v) is 15.7. The molecule has 2 N–H and O–H groups in total. The highest BCUT2D eigenvalue weighted by atomic mass is 32.2. The third kappa shape index (κ3) is 4.06. The number of amides is 2. The van der Waals surface area contributed by atoms with Crippen molar-refractivity contribution < 1.29 is 13.2 Å².